The topological polar surface area (TPSA) is 17.1 Å². The zero-order valence-electron chi connectivity index (χ0n) is 7.45. The Morgan fingerprint density at radius 2 is 1.87 bits per heavy atom. The van der Waals surface area contributed by atoms with Gasteiger partial charge in [0.05, 0.1) is 10.6 Å². The van der Waals surface area contributed by atoms with Crippen LogP contribution in [-0.2, 0) is 6.18 Å². The lowest BCUT2D eigenvalue weighted by atomic mass is 10.0. The SMILES string of the molecule is CC(=O)c1cc(Cl)c(F)cc1C(F)(F)F. The number of hydrogen-bond acceptors (Lipinski definition) is 1. The molecule has 0 aliphatic heterocycles. The Kier molecular flexibility index (Phi) is 3.04. The molecule has 1 aromatic carbocycles. The summed E-state index contributed by atoms with van der Waals surface area (Å²) in [6.07, 6.45) is -4.77. The highest BCUT2D eigenvalue weighted by Gasteiger charge is 2.35. The molecule has 1 rings (SSSR count). The monoisotopic (exact) mass is 240 g/mol. The number of halogens is 5. The molecule has 1 aromatic rings. The first-order chi connectivity index (χ1) is 6.73. The van der Waals surface area contributed by atoms with E-state index in [0.29, 0.717) is 6.07 Å². The minimum Gasteiger partial charge on any atom is -0.294 e. The molecule has 0 aliphatic rings. The van der Waals surface area contributed by atoms with Crippen molar-refractivity contribution in [1.82, 2.24) is 0 Å². The minimum atomic E-state index is -4.77. The molecule has 6 heteroatoms. The van der Waals surface area contributed by atoms with Gasteiger partial charge >= 0.3 is 6.18 Å². The predicted molar refractivity (Wildman–Crippen MR) is 46.4 cm³/mol. The van der Waals surface area contributed by atoms with Crippen molar-refractivity contribution in [3.8, 4) is 0 Å². The first kappa shape index (κ1) is 12.0. The van der Waals surface area contributed by atoms with E-state index in [9.17, 15) is 22.4 Å². The van der Waals surface area contributed by atoms with Crippen LogP contribution < -0.4 is 0 Å². The molecule has 0 saturated heterocycles. The third-order valence-corrected chi connectivity index (χ3v) is 2.03. The molecule has 1 nitrogen and oxygen atoms in total. The van der Waals surface area contributed by atoms with E-state index >= 15 is 0 Å². The fraction of sp³-hybridized carbons (Fsp3) is 0.222. The lowest BCUT2D eigenvalue weighted by Crippen LogP contribution is -2.12. The van der Waals surface area contributed by atoms with Gasteiger partial charge in [0, 0.05) is 5.56 Å². The van der Waals surface area contributed by atoms with Gasteiger partial charge in [0.1, 0.15) is 5.82 Å². The van der Waals surface area contributed by atoms with Crippen molar-refractivity contribution in [1.29, 1.82) is 0 Å². The third kappa shape index (κ3) is 2.47. The minimum absolute atomic E-state index is 0.221. The largest absolute Gasteiger partial charge is 0.417 e. The summed E-state index contributed by atoms with van der Waals surface area (Å²) in [5.74, 6) is -2.02. The van der Waals surface area contributed by atoms with Crippen LogP contribution in [0.3, 0.4) is 0 Å². The molecule has 0 aromatic heterocycles. The van der Waals surface area contributed by atoms with E-state index in [-0.39, 0.29) is 6.07 Å². The lowest BCUT2D eigenvalue weighted by molar-refractivity contribution is -0.138. The summed E-state index contributed by atoms with van der Waals surface area (Å²) in [6.45, 7) is 0.957. The highest BCUT2D eigenvalue weighted by atomic mass is 35.5. The molecule has 0 amide bonds. The van der Waals surface area contributed by atoms with Crippen molar-refractivity contribution < 1.29 is 22.4 Å². The standard InChI is InChI=1S/C9H5ClF4O/c1-4(15)5-2-7(10)8(11)3-6(5)9(12,13)14/h2-3H,1H3. The first-order valence-corrected chi connectivity index (χ1v) is 4.18. The number of hydrogen-bond donors (Lipinski definition) is 0. The number of Topliss-reactive ketones (excluding diaryl/α,β-unsaturated/α-hetero) is 1. The molecule has 0 heterocycles. The maximum Gasteiger partial charge on any atom is 0.417 e. The second-order valence-electron chi connectivity index (χ2n) is 2.87. The van der Waals surface area contributed by atoms with E-state index in [1.54, 1.807) is 0 Å². The summed E-state index contributed by atoms with van der Waals surface area (Å²) in [7, 11) is 0. The molecule has 0 radical (unpaired) electrons. The Labute approximate surface area is 87.7 Å². The van der Waals surface area contributed by atoms with Crippen molar-refractivity contribution in [3.63, 3.8) is 0 Å². The van der Waals surface area contributed by atoms with Crippen LogP contribution in [0.2, 0.25) is 5.02 Å². The zero-order valence-corrected chi connectivity index (χ0v) is 8.21. The smallest absolute Gasteiger partial charge is 0.294 e. The predicted octanol–water partition coefficient (Wildman–Crippen LogP) is 3.70. The highest BCUT2D eigenvalue weighted by molar-refractivity contribution is 6.31. The summed E-state index contributed by atoms with van der Waals surface area (Å²) in [5.41, 5.74) is -1.94. The van der Waals surface area contributed by atoms with Crippen molar-refractivity contribution >= 4 is 17.4 Å². The van der Waals surface area contributed by atoms with Crippen molar-refractivity contribution in [3.05, 3.63) is 34.1 Å². The summed E-state index contributed by atoms with van der Waals surface area (Å²) in [4.78, 5) is 10.9. The van der Waals surface area contributed by atoms with Crippen LogP contribution in [0.4, 0.5) is 17.6 Å². The fourth-order valence-electron chi connectivity index (χ4n) is 1.07. The molecule has 82 valence electrons. The molecule has 0 saturated carbocycles. The molecule has 0 unspecified atom stereocenters. The molecule has 0 N–H and O–H groups in total. The maximum atomic E-state index is 12.8. The Morgan fingerprint density at radius 1 is 1.33 bits per heavy atom. The van der Waals surface area contributed by atoms with Gasteiger partial charge in [-0.1, -0.05) is 11.6 Å². The normalized spacial score (nSPS) is 11.6. The van der Waals surface area contributed by atoms with Gasteiger partial charge < -0.3 is 0 Å². The molecule has 15 heavy (non-hydrogen) atoms. The average Bonchev–Trinajstić information content (AvgIpc) is 2.06. The van der Waals surface area contributed by atoms with Crippen LogP contribution >= 0.6 is 11.6 Å². The van der Waals surface area contributed by atoms with Gasteiger partial charge in [0.15, 0.2) is 5.78 Å². The number of carbonyl (C=O) groups excluding carboxylic acids is 1. The van der Waals surface area contributed by atoms with Gasteiger partial charge in [0.2, 0.25) is 0 Å². The number of rotatable bonds is 1. The van der Waals surface area contributed by atoms with Crippen LogP contribution in [-0.4, -0.2) is 5.78 Å². The van der Waals surface area contributed by atoms with Crippen LogP contribution in [0.25, 0.3) is 0 Å². The Morgan fingerprint density at radius 3 is 2.27 bits per heavy atom. The quantitative estimate of drug-likeness (QED) is 0.540. The second kappa shape index (κ2) is 3.81. The van der Waals surface area contributed by atoms with Crippen molar-refractivity contribution in [2.75, 3.05) is 0 Å². The highest BCUT2D eigenvalue weighted by Crippen LogP contribution is 2.34. The van der Waals surface area contributed by atoms with Gasteiger partial charge in [0.25, 0.3) is 0 Å². The summed E-state index contributed by atoms with van der Waals surface area (Å²) in [5, 5.41) is -0.506. The average molecular weight is 241 g/mol. The second-order valence-corrected chi connectivity index (χ2v) is 3.27. The third-order valence-electron chi connectivity index (χ3n) is 1.75. The van der Waals surface area contributed by atoms with Crippen molar-refractivity contribution in [2.45, 2.75) is 13.1 Å². The number of alkyl halides is 3. The summed E-state index contributed by atoms with van der Waals surface area (Å²) < 4.78 is 49.9. The molecule has 0 atom stereocenters. The zero-order chi connectivity index (χ0) is 11.8. The summed E-state index contributed by atoms with van der Waals surface area (Å²) >= 11 is 5.29. The van der Waals surface area contributed by atoms with Gasteiger partial charge in [-0.3, -0.25) is 4.79 Å². The van der Waals surface area contributed by atoms with E-state index in [1.165, 1.54) is 0 Å². The molecule has 0 bridgehead atoms. The molecule has 0 spiro atoms. The number of benzene rings is 1. The Balaban J connectivity index is 3.49. The van der Waals surface area contributed by atoms with Crippen molar-refractivity contribution in [2.24, 2.45) is 0 Å². The van der Waals surface area contributed by atoms with Crippen LogP contribution in [0, 0.1) is 5.82 Å². The molecular weight excluding hydrogens is 236 g/mol. The van der Waals surface area contributed by atoms with Crippen LogP contribution in [0.1, 0.15) is 22.8 Å². The molecule has 0 fully saturated rings. The van der Waals surface area contributed by atoms with E-state index in [0.717, 1.165) is 6.92 Å². The van der Waals surface area contributed by atoms with Gasteiger partial charge in [-0.05, 0) is 19.1 Å². The van der Waals surface area contributed by atoms with Crippen LogP contribution in [0.5, 0.6) is 0 Å². The lowest BCUT2D eigenvalue weighted by Gasteiger charge is -2.11. The van der Waals surface area contributed by atoms with Gasteiger partial charge in [-0.2, -0.15) is 13.2 Å². The van der Waals surface area contributed by atoms with E-state index in [4.69, 9.17) is 11.6 Å². The Hall–Kier alpha value is -1.10. The van der Waals surface area contributed by atoms with Gasteiger partial charge in [-0.15, -0.1) is 0 Å². The number of ketones is 1. The molecule has 0 aliphatic carbocycles. The van der Waals surface area contributed by atoms with Gasteiger partial charge in [-0.25, -0.2) is 4.39 Å². The maximum absolute atomic E-state index is 12.8. The summed E-state index contributed by atoms with van der Waals surface area (Å²) in [6, 6.07) is 0.904. The van der Waals surface area contributed by atoms with Crippen LogP contribution in [0.15, 0.2) is 12.1 Å². The molecular formula is C9H5ClF4O. The Bertz CT molecular complexity index is 411. The van der Waals surface area contributed by atoms with E-state index < -0.39 is 33.9 Å². The number of carbonyl (C=O) groups is 1. The fourth-order valence-corrected chi connectivity index (χ4v) is 1.24. The van der Waals surface area contributed by atoms with E-state index in [1.807, 2.05) is 0 Å². The first-order valence-electron chi connectivity index (χ1n) is 3.80. The van der Waals surface area contributed by atoms with E-state index in [2.05, 4.69) is 0 Å².